The van der Waals surface area contributed by atoms with Crippen molar-refractivity contribution in [2.75, 3.05) is 0 Å². The molecule has 0 saturated heterocycles. The van der Waals surface area contributed by atoms with Crippen molar-refractivity contribution in [3.05, 3.63) is 178 Å². The number of imidazole rings is 2. The summed E-state index contributed by atoms with van der Waals surface area (Å²) in [5, 5.41) is 0. The fourth-order valence-electron chi connectivity index (χ4n) is 7.30. The van der Waals surface area contributed by atoms with Crippen molar-refractivity contribution < 1.29 is 0 Å². The quantitative estimate of drug-likeness (QED) is 0.0949. The zero-order valence-corrected chi connectivity index (χ0v) is 28.0. The van der Waals surface area contributed by atoms with Gasteiger partial charge in [0.25, 0.3) is 0 Å². The van der Waals surface area contributed by atoms with Gasteiger partial charge >= 0.3 is 0 Å². The minimum atomic E-state index is 0.111. The number of nitrogens with one attached hydrogen (secondary N) is 2. The zero-order valence-electron chi connectivity index (χ0n) is 28.0. The maximum absolute atomic E-state index is 4.81. The molecule has 0 spiro atoms. The number of H-pyrrole nitrogens is 2. The Morgan fingerprint density at radius 2 is 0.809 bits per heavy atom. The van der Waals surface area contributed by atoms with E-state index in [4.69, 9.17) is 9.97 Å². The second-order valence-corrected chi connectivity index (χ2v) is 12.8. The molecule has 2 heterocycles. The highest BCUT2D eigenvalue weighted by Gasteiger charge is 2.32. The first-order valence-corrected chi connectivity index (χ1v) is 16.9. The third kappa shape index (κ3) is 7.38. The molecule has 6 rings (SSSR count). The Balaban J connectivity index is 1.25. The average Bonchev–Trinajstić information content (AvgIpc) is 3.82. The van der Waals surface area contributed by atoms with Gasteiger partial charge in [-0.1, -0.05) is 116 Å². The van der Waals surface area contributed by atoms with Crippen LogP contribution in [-0.4, -0.2) is 34.5 Å². The van der Waals surface area contributed by atoms with Crippen molar-refractivity contribution in [2.24, 2.45) is 0 Å². The first-order chi connectivity index (χ1) is 23.0. The number of aryl methyl sites for hydroxylation is 4. The van der Waals surface area contributed by atoms with Crippen LogP contribution in [-0.2, 0) is 0 Å². The third-order valence-corrected chi connectivity index (χ3v) is 9.73. The molecule has 4 aromatic carbocycles. The fourth-order valence-corrected chi connectivity index (χ4v) is 7.30. The lowest BCUT2D eigenvalue weighted by atomic mass is 9.50. The molecule has 0 aliphatic carbocycles. The monoisotopic (exact) mass is 614 g/mol. The molecule has 2 unspecified atom stereocenters. The molecule has 47 heavy (non-hydrogen) atoms. The van der Waals surface area contributed by atoms with Crippen LogP contribution in [0.4, 0.5) is 0 Å². The molecular formula is C41H44B2N4. The SMILES string of the molecule is Cc1ccccc1C(c1ccccc1C)C([B]CCC[B]C(c1ncc[nH]1)C(c1ccccc1C)c1ccccc1C)c1ncc[nH]1. The van der Waals surface area contributed by atoms with Gasteiger partial charge in [-0.05, 0) is 83.8 Å². The van der Waals surface area contributed by atoms with Gasteiger partial charge in [-0.2, -0.15) is 0 Å². The first-order valence-electron chi connectivity index (χ1n) is 16.9. The lowest BCUT2D eigenvalue weighted by Gasteiger charge is -2.30. The molecule has 0 fully saturated rings. The van der Waals surface area contributed by atoms with E-state index in [1.54, 1.807) is 0 Å². The summed E-state index contributed by atoms with van der Waals surface area (Å²) >= 11 is 0. The summed E-state index contributed by atoms with van der Waals surface area (Å²) in [6, 6.07) is 35.2. The van der Waals surface area contributed by atoms with Gasteiger partial charge in [0, 0.05) is 36.6 Å². The molecule has 0 aliphatic heterocycles. The van der Waals surface area contributed by atoms with Crippen molar-refractivity contribution in [3.8, 4) is 0 Å². The highest BCUT2D eigenvalue weighted by molar-refractivity contribution is 6.40. The van der Waals surface area contributed by atoms with E-state index in [1.165, 1.54) is 44.5 Å². The summed E-state index contributed by atoms with van der Waals surface area (Å²) in [5.41, 5.74) is 10.6. The second-order valence-electron chi connectivity index (χ2n) is 12.8. The Kier molecular flexibility index (Phi) is 10.6. The normalized spacial score (nSPS) is 12.7. The van der Waals surface area contributed by atoms with Gasteiger partial charge in [0.2, 0.25) is 0 Å². The van der Waals surface area contributed by atoms with E-state index in [-0.39, 0.29) is 23.5 Å². The second kappa shape index (κ2) is 15.3. The predicted octanol–water partition coefficient (Wildman–Crippen LogP) is 9.45. The van der Waals surface area contributed by atoms with Crippen LogP contribution in [0.1, 0.15) is 86.0 Å². The molecule has 4 nitrogen and oxygen atoms in total. The number of hydrogen-bond donors (Lipinski definition) is 2. The van der Waals surface area contributed by atoms with Crippen LogP contribution in [0, 0.1) is 27.7 Å². The summed E-state index contributed by atoms with van der Waals surface area (Å²) in [7, 11) is 5.00. The topological polar surface area (TPSA) is 57.4 Å². The molecule has 2 radical (unpaired) electrons. The largest absolute Gasteiger partial charge is 0.349 e. The van der Waals surface area contributed by atoms with E-state index >= 15 is 0 Å². The maximum atomic E-state index is 4.81. The summed E-state index contributed by atoms with van der Waals surface area (Å²) < 4.78 is 0. The molecule has 234 valence electrons. The molecule has 0 saturated carbocycles. The van der Waals surface area contributed by atoms with Gasteiger partial charge in [0.05, 0.1) is 0 Å². The van der Waals surface area contributed by atoms with E-state index in [1.807, 2.05) is 24.8 Å². The molecule has 6 aromatic rings. The van der Waals surface area contributed by atoms with Crippen molar-refractivity contribution in [1.82, 2.24) is 19.9 Å². The number of rotatable bonds is 14. The zero-order chi connectivity index (χ0) is 32.6. The molecule has 0 amide bonds. The Hall–Kier alpha value is -4.57. The Morgan fingerprint density at radius 1 is 0.489 bits per heavy atom. The van der Waals surface area contributed by atoms with Crippen LogP contribution in [0.15, 0.2) is 122 Å². The highest BCUT2D eigenvalue weighted by Crippen LogP contribution is 2.42. The Bertz CT molecular complexity index is 1620. The van der Waals surface area contributed by atoms with Crippen LogP contribution in [0.3, 0.4) is 0 Å². The molecule has 2 N–H and O–H groups in total. The van der Waals surface area contributed by atoms with E-state index in [0.717, 1.165) is 30.7 Å². The summed E-state index contributed by atoms with van der Waals surface area (Å²) in [6.45, 7) is 8.90. The molecule has 2 atom stereocenters. The number of hydrogen-bond acceptors (Lipinski definition) is 2. The van der Waals surface area contributed by atoms with Gasteiger partial charge in [-0.15, -0.1) is 0 Å². The number of aromatic nitrogens is 4. The third-order valence-electron chi connectivity index (χ3n) is 9.73. The number of nitrogens with zero attached hydrogens (tertiary/aromatic N) is 2. The van der Waals surface area contributed by atoms with Crippen LogP contribution in [0.5, 0.6) is 0 Å². The molecule has 6 heteroatoms. The molecule has 0 aliphatic rings. The van der Waals surface area contributed by atoms with Gasteiger partial charge in [0.15, 0.2) is 0 Å². The Labute approximate surface area is 282 Å². The summed E-state index contributed by atoms with van der Waals surface area (Å²) in [4.78, 5) is 16.6. The van der Waals surface area contributed by atoms with Crippen molar-refractivity contribution in [1.29, 1.82) is 0 Å². The van der Waals surface area contributed by atoms with E-state index in [0.29, 0.717) is 0 Å². The number of aromatic amines is 2. The van der Waals surface area contributed by atoms with Crippen molar-refractivity contribution >= 4 is 14.6 Å². The van der Waals surface area contributed by atoms with Gasteiger partial charge in [0.1, 0.15) is 26.2 Å². The van der Waals surface area contributed by atoms with E-state index < -0.39 is 0 Å². The average molecular weight is 614 g/mol. The van der Waals surface area contributed by atoms with Gasteiger partial charge < -0.3 is 9.97 Å². The standard InChI is InChI=1S/C41H44B2N4/c1-28-14-5-9-18-32(28)36(33-19-10-6-15-29(33)2)38(40-44-24-25-45-40)42-22-13-23-43-39(41-46-26-27-47-41)37(34-20-11-7-16-30(34)3)35-21-12-8-17-31(35)4/h5-12,14-21,24-27,36-39H,13,22-23H2,1-4H3,(H,44,45)(H,46,47). The number of benzene rings is 4. The fraction of sp³-hybridized carbons (Fsp3) is 0.268. The van der Waals surface area contributed by atoms with Crippen LogP contribution in [0.25, 0.3) is 0 Å². The minimum Gasteiger partial charge on any atom is -0.349 e. The summed E-state index contributed by atoms with van der Waals surface area (Å²) in [6.07, 6.45) is 10.6. The lowest BCUT2D eigenvalue weighted by Crippen LogP contribution is -2.23. The van der Waals surface area contributed by atoms with Crippen LogP contribution >= 0.6 is 0 Å². The van der Waals surface area contributed by atoms with Gasteiger partial charge in [-0.3, -0.25) is 0 Å². The van der Waals surface area contributed by atoms with E-state index in [2.05, 4.69) is 149 Å². The summed E-state index contributed by atoms with van der Waals surface area (Å²) in [5.74, 6) is 2.57. The lowest BCUT2D eigenvalue weighted by molar-refractivity contribution is 0.710. The highest BCUT2D eigenvalue weighted by atomic mass is 14.9. The minimum absolute atomic E-state index is 0.111. The first kappa shape index (κ1) is 32.4. The molecule has 2 aromatic heterocycles. The Morgan fingerprint density at radius 3 is 1.09 bits per heavy atom. The van der Waals surface area contributed by atoms with Crippen LogP contribution < -0.4 is 0 Å². The van der Waals surface area contributed by atoms with E-state index in [9.17, 15) is 0 Å². The maximum Gasteiger partial charge on any atom is 0.124 e. The molecule has 0 bridgehead atoms. The van der Waals surface area contributed by atoms with Crippen LogP contribution in [0.2, 0.25) is 12.6 Å². The predicted molar refractivity (Wildman–Crippen MR) is 197 cm³/mol. The van der Waals surface area contributed by atoms with Crippen molar-refractivity contribution in [3.63, 3.8) is 0 Å². The smallest absolute Gasteiger partial charge is 0.124 e. The van der Waals surface area contributed by atoms with Crippen molar-refractivity contribution in [2.45, 2.75) is 70.2 Å². The van der Waals surface area contributed by atoms with Gasteiger partial charge in [-0.25, -0.2) is 9.97 Å². The molecular weight excluding hydrogens is 570 g/mol.